The number of methoxy groups -OCH3 is 1. The molecular weight excluding hydrogens is 256 g/mol. The maximum atomic E-state index is 12.5. The molecule has 0 N–H and O–H groups in total. The molecular formula is C16H22O4. The molecule has 1 rings (SSSR count). The van der Waals surface area contributed by atoms with E-state index in [-0.39, 0.29) is 5.78 Å². The van der Waals surface area contributed by atoms with Crippen molar-refractivity contribution >= 4 is 11.8 Å². The highest BCUT2D eigenvalue weighted by Gasteiger charge is 2.28. The standard InChI is InChI=1S/C16H22O4/c1-4-6-10-14(16(18)19-3)15(17)12-8-7-9-13(11-12)20-5-2/h7-9,11,14H,4-6,10H2,1-3H3. The van der Waals surface area contributed by atoms with Gasteiger partial charge in [0, 0.05) is 5.56 Å². The van der Waals surface area contributed by atoms with Crippen molar-refractivity contribution in [1.29, 1.82) is 0 Å². The molecule has 0 saturated carbocycles. The molecule has 0 amide bonds. The van der Waals surface area contributed by atoms with Crippen molar-refractivity contribution in [1.82, 2.24) is 0 Å². The Morgan fingerprint density at radius 1 is 1.25 bits per heavy atom. The molecule has 0 saturated heterocycles. The highest BCUT2D eigenvalue weighted by molar-refractivity contribution is 6.08. The van der Waals surface area contributed by atoms with Crippen molar-refractivity contribution in [2.24, 2.45) is 5.92 Å². The van der Waals surface area contributed by atoms with Crippen LogP contribution in [0, 0.1) is 5.92 Å². The molecule has 1 aromatic rings. The lowest BCUT2D eigenvalue weighted by atomic mass is 9.92. The second-order valence-corrected chi connectivity index (χ2v) is 4.54. The number of esters is 1. The zero-order valence-electron chi connectivity index (χ0n) is 12.3. The van der Waals surface area contributed by atoms with E-state index in [0.717, 1.165) is 12.8 Å². The maximum absolute atomic E-state index is 12.5. The van der Waals surface area contributed by atoms with Crippen LogP contribution < -0.4 is 4.74 Å². The molecule has 20 heavy (non-hydrogen) atoms. The van der Waals surface area contributed by atoms with Crippen LogP contribution in [0.3, 0.4) is 0 Å². The Balaban J connectivity index is 2.92. The van der Waals surface area contributed by atoms with E-state index in [1.807, 2.05) is 13.8 Å². The van der Waals surface area contributed by atoms with Crippen LogP contribution in [-0.2, 0) is 9.53 Å². The molecule has 0 spiro atoms. The summed E-state index contributed by atoms with van der Waals surface area (Å²) in [6, 6.07) is 6.92. The fraction of sp³-hybridized carbons (Fsp3) is 0.500. The fourth-order valence-corrected chi connectivity index (χ4v) is 2.01. The van der Waals surface area contributed by atoms with Gasteiger partial charge in [0.25, 0.3) is 0 Å². The monoisotopic (exact) mass is 278 g/mol. The Morgan fingerprint density at radius 3 is 2.60 bits per heavy atom. The molecule has 0 aliphatic rings. The van der Waals surface area contributed by atoms with Crippen molar-refractivity contribution in [2.75, 3.05) is 13.7 Å². The van der Waals surface area contributed by atoms with Gasteiger partial charge in [-0.1, -0.05) is 31.9 Å². The first-order chi connectivity index (χ1) is 9.63. The van der Waals surface area contributed by atoms with E-state index >= 15 is 0 Å². The predicted octanol–water partition coefficient (Wildman–Crippen LogP) is 3.25. The van der Waals surface area contributed by atoms with Crippen LogP contribution in [0.15, 0.2) is 24.3 Å². The lowest BCUT2D eigenvalue weighted by Crippen LogP contribution is -2.25. The summed E-state index contributed by atoms with van der Waals surface area (Å²) in [6.45, 7) is 4.44. The summed E-state index contributed by atoms with van der Waals surface area (Å²) in [5.41, 5.74) is 0.488. The van der Waals surface area contributed by atoms with Gasteiger partial charge in [0.2, 0.25) is 0 Å². The summed E-state index contributed by atoms with van der Waals surface area (Å²) >= 11 is 0. The fourth-order valence-electron chi connectivity index (χ4n) is 2.01. The summed E-state index contributed by atoms with van der Waals surface area (Å²) in [4.78, 5) is 24.2. The highest BCUT2D eigenvalue weighted by Crippen LogP contribution is 2.20. The van der Waals surface area contributed by atoms with Gasteiger partial charge in [0.05, 0.1) is 13.7 Å². The van der Waals surface area contributed by atoms with Crippen molar-refractivity contribution < 1.29 is 19.1 Å². The van der Waals surface area contributed by atoms with Crippen LogP contribution in [-0.4, -0.2) is 25.5 Å². The summed E-state index contributed by atoms with van der Waals surface area (Å²) in [6.07, 6.45) is 2.26. The van der Waals surface area contributed by atoms with Crippen LogP contribution in [0.25, 0.3) is 0 Å². The number of carbonyl (C=O) groups excluding carboxylic acids is 2. The third kappa shape index (κ3) is 4.37. The number of hydrogen-bond donors (Lipinski definition) is 0. The molecule has 1 aromatic carbocycles. The van der Waals surface area contributed by atoms with Gasteiger partial charge in [-0.3, -0.25) is 9.59 Å². The SMILES string of the molecule is CCCCC(C(=O)OC)C(=O)c1cccc(OCC)c1. The number of benzene rings is 1. The number of ether oxygens (including phenoxy) is 2. The number of Topliss-reactive ketones (excluding diaryl/α,β-unsaturated/α-hetero) is 1. The normalized spacial score (nSPS) is 11.8. The van der Waals surface area contributed by atoms with E-state index in [1.165, 1.54) is 7.11 Å². The number of unbranched alkanes of at least 4 members (excludes halogenated alkanes) is 1. The van der Waals surface area contributed by atoms with E-state index in [9.17, 15) is 9.59 Å². The predicted molar refractivity (Wildman–Crippen MR) is 77.0 cm³/mol. The minimum absolute atomic E-state index is 0.202. The highest BCUT2D eigenvalue weighted by atomic mass is 16.5. The average molecular weight is 278 g/mol. The second-order valence-electron chi connectivity index (χ2n) is 4.54. The van der Waals surface area contributed by atoms with Crippen molar-refractivity contribution in [3.05, 3.63) is 29.8 Å². The van der Waals surface area contributed by atoms with E-state index in [2.05, 4.69) is 0 Å². The molecule has 0 aliphatic carbocycles. The Labute approximate surface area is 120 Å². The molecule has 0 bridgehead atoms. The summed E-state index contributed by atoms with van der Waals surface area (Å²) < 4.78 is 10.1. The first-order valence-electron chi connectivity index (χ1n) is 6.98. The number of ketones is 1. The van der Waals surface area contributed by atoms with Gasteiger partial charge < -0.3 is 9.47 Å². The third-order valence-electron chi connectivity index (χ3n) is 3.08. The van der Waals surface area contributed by atoms with Crippen molar-refractivity contribution in [2.45, 2.75) is 33.1 Å². The Morgan fingerprint density at radius 2 is 2.00 bits per heavy atom. The molecule has 0 heterocycles. The van der Waals surface area contributed by atoms with Gasteiger partial charge in [0.1, 0.15) is 11.7 Å². The topological polar surface area (TPSA) is 52.6 Å². The minimum Gasteiger partial charge on any atom is -0.494 e. The number of rotatable bonds is 8. The second kappa shape index (κ2) is 8.35. The van der Waals surface area contributed by atoms with Crippen LogP contribution in [0.4, 0.5) is 0 Å². The molecule has 4 nitrogen and oxygen atoms in total. The maximum Gasteiger partial charge on any atom is 0.316 e. The lowest BCUT2D eigenvalue weighted by Gasteiger charge is -2.14. The third-order valence-corrected chi connectivity index (χ3v) is 3.08. The average Bonchev–Trinajstić information content (AvgIpc) is 2.47. The first kappa shape index (κ1) is 16.2. The lowest BCUT2D eigenvalue weighted by molar-refractivity contribution is -0.143. The first-order valence-corrected chi connectivity index (χ1v) is 6.98. The Hall–Kier alpha value is -1.84. The molecule has 1 atom stereocenters. The summed E-state index contributed by atoms with van der Waals surface area (Å²) in [7, 11) is 1.31. The van der Waals surface area contributed by atoms with Crippen LogP contribution in [0.2, 0.25) is 0 Å². The molecule has 110 valence electrons. The minimum atomic E-state index is -0.725. The van der Waals surface area contributed by atoms with Gasteiger partial charge in [-0.05, 0) is 25.5 Å². The summed E-state index contributed by atoms with van der Waals surface area (Å²) in [5, 5.41) is 0. The van der Waals surface area contributed by atoms with Crippen LogP contribution >= 0.6 is 0 Å². The van der Waals surface area contributed by atoms with E-state index in [1.54, 1.807) is 24.3 Å². The van der Waals surface area contributed by atoms with Gasteiger partial charge in [-0.15, -0.1) is 0 Å². The smallest absolute Gasteiger partial charge is 0.316 e. The van der Waals surface area contributed by atoms with E-state index in [4.69, 9.17) is 9.47 Å². The van der Waals surface area contributed by atoms with Crippen molar-refractivity contribution in [3.63, 3.8) is 0 Å². The zero-order chi connectivity index (χ0) is 15.0. The van der Waals surface area contributed by atoms with Gasteiger partial charge in [-0.2, -0.15) is 0 Å². The van der Waals surface area contributed by atoms with E-state index in [0.29, 0.717) is 24.3 Å². The van der Waals surface area contributed by atoms with Gasteiger partial charge >= 0.3 is 5.97 Å². The van der Waals surface area contributed by atoms with Gasteiger partial charge in [-0.25, -0.2) is 0 Å². The van der Waals surface area contributed by atoms with Crippen molar-refractivity contribution in [3.8, 4) is 5.75 Å². The van der Waals surface area contributed by atoms with Gasteiger partial charge in [0.15, 0.2) is 5.78 Å². The molecule has 0 aliphatic heterocycles. The molecule has 0 radical (unpaired) electrons. The Kier molecular flexibility index (Phi) is 6.77. The van der Waals surface area contributed by atoms with E-state index < -0.39 is 11.9 Å². The molecule has 4 heteroatoms. The van der Waals surface area contributed by atoms with Crippen LogP contribution in [0.1, 0.15) is 43.5 Å². The molecule has 0 fully saturated rings. The zero-order valence-corrected chi connectivity index (χ0v) is 12.3. The van der Waals surface area contributed by atoms with Crippen LogP contribution in [0.5, 0.6) is 5.75 Å². The number of carbonyl (C=O) groups is 2. The number of hydrogen-bond acceptors (Lipinski definition) is 4. The molecule has 1 unspecified atom stereocenters. The Bertz CT molecular complexity index is 454. The summed E-state index contributed by atoms with van der Waals surface area (Å²) in [5.74, 6) is -0.758. The molecule has 0 aromatic heterocycles. The quantitative estimate of drug-likeness (QED) is 0.416. The largest absolute Gasteiger partial charge is 0.494 e.